The number of nitrogens with zero attached hydrogens (tertiary/aromatic N) is 1. The molecule has 0 aromatic rings. The predicted octanol–water partition coefficient (Wildman–Crippen LogP) is 7.68. The lowest BCUT2D eigenvalue weighted by atomic mass is 9.47. The van der Waals surface area contributed by atoms with Gasteiger partial charge in [0.05, 0.1) is 0 Å². The maximum atomic E-state index is 12.3. The quantitative estimate of drug-likeness (QED) is 0.330. The smallest absolute Gasteiger partial charge is 0.407 e. The second-order valence-electron chi connectivity index (χ2n) is 14.3. The number of likely N-dealkylation sites (N-methyl/N-ethyl adjacent to an activating group) is 1. The first-order chi connectivity index (χ1) is 17.0. The average molecular weight is 501 g/mol. The van der Waals surface area contributed by atoms with Crippen molar-refractivity contribution < 1.29 is 9.53 Å². The van der Waals surface area contributed by atoms with Gasteiger partial charge in [0.25, 0.3) is 0 Å². The summed E-state index contributed by atoms with van der Waals surface area (Å²) in [6, 6.07) is 0. The van der Waals surface area contributed by atoms with Crippen LogP contribution in [0.2, 0.25) is 0 Å². The van der Waals surface area contributed by atoms with E-state index in [0.29, 0.717) is 17.4 Å². The van der Waals surface area contributed by atoms with E-state index in [-0.39, 0.29) is 12.2 Å². The monoisotopic (exact) mass is 500 g/mol. The van der Waals surface area contributed by atoms with Crippen LogP contribution < -0.4 is 5.32 Å². The molecule has 1 amide bonds. The number of hydrogen-bond acceptors (Lipinski definition) is 3. The molecular weight excluding hydrogens is 444 g/mol. The van der Waals surface area contributed by atoms with E-state index in [9.17, 15) is 4.79 Å². The lowest BCUT2D eigenvalue weighted by molar-refractivity contribution is -0.0581. The maximum absolute atomic E-state index is 12.3. The Labute approximate surface area is 222 Å². The molecule has 36 heavy (non-hydrogen) atoms. The SMILES string of the molecule is CC(C)CCC[C@@H](C)[C@H]1CC[C@H]2C3CC=C4C[C@@H](OC(=O)NCCN(C)C)CC[C@]4(C)[C@H]3CC[C@]12C. The summed E-state index contributed by atoms with van der Waals surface area (Å²) in [6.45, 7) is 14.0. The summed E-state index contributed by atoms with van der Waals surface area (Å²) in [5.74, 6) is 5.21. The number of carbonyl (C=O) groups excluding carboxylic acids is 1. The Morgan fingerprint density at radius 2 is 1.86 bits per heavy atom. The summed E-state index contributed by atoms with van der Waals surface area (Å²) >= 11 is 0. The second-order valence-corrected chi connectivity index (χ2v) is 14.3. The number of ether oxygens (including phenoxy) is 1. The van der Waals surface area contributed by atoms with Crippen molar-refractivity contribution in [2.45, 2.75) is 111 Å². The molecule has 3 saturated carbocycles. The molecular formula is C32H56N2O2. The topological polar surface area (TPSA) is 41.6 Å². The molecule has 3 fully saturated rings. The van der Waals surface area contributed by atoms with Gasteiger partial charge in [0, 0.05) is 19.5 Å². The van der Waals surface area contributed by atoms with E-state index in [2.05, 4.69) is 50.9 Å². The van der Waals surface area contributed by atoms with Crippen LogP contribution in [0.4, 0.5) is 4.79 Å². The molecule has 206 valence electrons. The van der Waals surface area contributed by atoms with Crippen LogP contribution >= 0.6 is 0 Å². The molecule has 4 aliphatic carbocycles. The molecule has 0 saturated heterocycles. The van der Waals surface area contributed by atoms with Crippen molar-refractivity contribution in [1.29, 1.82) is 0 Å². The zero-order chi connectivity index (χ0) is 26.1. The zero-order valence-corrected chi connectivity index (χ0v) is 24.6. The zero-order valence-electron chi connectivity index (χ0n) is 24.6. The van der Waals surface area contributed by atoms with Gasteiger partial charge >= 0.3 is 6.09 Å². The maximum Gasteiger partial charge on any atom is 0.407 e. The standard InChI is InChI=1S/C32H56N2O2/c1-22(2)9-8-10-23(3)27-13-14-28-26-12-11-24-21-25(36-30(35)33-19-20-34(6)7)15-17-31(24,4)29(26)16-18-32(27,28)5/h11,22-23,25-29H,8-10,12-21H2,1-7H3,(H,33,35)/t23-,25+,26?,27-,28+,29+,31+,32-/m1/s1. The van der Waals surface area contributed by atoms with Crippen molar-refractivity contribution in [2.24, 2.45) is 46.3 Å². The summed E-state index contributed by atoms with van der Waals surface area (Å²) in [7, 11) is 4.04. The summed E-state index contributed by atoms with van der Waals surface area (Å²) in [5, 5.41) is 2.93. The van der Waals surface area contributed by atoms with Gasteiger partial charge in [-0.1, -0.05) is 65.5 Å². The summed E-state index contributed by atoms with van der Waals surface area (Å²) in [5.41, 5.74) is 2.46. The molecule has 0 aromatic carbocycles. The van der Waals surface area contributed by atoms with Gasteiger partial charge < -0.3 is 15.0 Å². The minimum absolute atomic E-state index is 0.0386. The first-order valence-electron chi connectivity index (χ1n) is 15.3. The van der Waals surface area contributed by atoms with Crippen LogP contribution in [0.1, 0.15) is 105 Å². The van der Waals surface area contributed by atoms with Crippen molar-refractivity contribution in [3.63, 3.8) is 0 Å². The highest BCUT2D eigenvalue weighted by Gasteiger charge is 2.59. The highest BCUT2D eigenvalue weighted by molar-refractivity contribution is 5.67. The molecule has 0 spiro atoms. The van der Waals surface area contributed by atoms with Crippen LogP contribution in [-0.4, -0.2) is 44.3 Å². The molecule has 8 atom stereocenters. The van der Waals surface area contributed by atoms with Crippen molar-refractivity contribution in [1.82, 2.24) is 10.2 Å². The predicted molar refractivity (Wildman–Crippen MR) is 150 cm³/mol. The van der Waals surface area contributed by atoms with Crippen LogP contribution in [0, 0.1) is 46.3 Å². The fourth-order valence-electron chi connectivity index (χ4n) is 9.33. The van der Waals surface area contributed by atoms with Gasteiger partial charge in [-0.25, -0.2) is 4.79 Å². The van der Waals surface area contributed by atoms with E-state index in [1.807, 2.05) is 14.1 Å². The van der Waals surface area contributed by atoms with Gasteiger partial charge in [-0.2, -0.15) is 0 Å². The summed E-state index contributed by atoms with van der Waals surface area (Å²) in [4.78, 5) is 14.4. The van der Waals surface area contributed by atoms with Crippen molar-refractivity contribution >= 4 is 6.09 Å². The molecule has 4 aliphatic rings. The fraction of sp³-hybridized carbons (Fsp3) is 0.906. The highest BCUT2D eigenvalue weighted by Crippen LogP contribution is 2.67. The van der Waals surface area contributed by atoms with Crippen molar-refractivity contribution in [3.05, 3.63) is 11.6 Å². The van der Waals surface area contributed by atoms with Crippen LogP contribution in [0.5, 0.6) is 0 Å². The minimum atomic E-state index is -0.243. The van der Waals surface area contributed by atoms with Gasteiger partial charge in [-0.3, -0.25) is 0 Å². The van der Waals surface area contributed by atoms with E-state index in [0.717, 1.165) is 54.9 Å². The third-order valence-electron chi connectivity index (χ3n) is 11.4. The Morgan fingerprint density at radius 1 is 1.08 bits per heavy atom. The average Bonchev–Trinajstić information content (AvgIpc) is 3.16. The largest absolute Gasteiger partial charge is 0.446 e. The lowest BCUT2D eigenvalue weighted by Gasteiger charge is -2.58. The second kappa shape index (κ2) is 11.4. The minimum Gasteiger partial charge on any atom is -0.446 e. The summed E-state index contributed by atoms with van der Waals surface area (Å²) in [6.07, 6.45) is 16.7. The number of amides is 1. The lowest BCUT2D eigenvalue weighted by Crippen LogP contribution is -2.51. The fourth-order valence-corrected chi connectivity index (χ4v) is 9.33. The molecule has 0 bridgehead atoms. The van der Waals surface area contributed by atoms with Crippen LogP contribution in [0.25, 0.3) is 0 Å². The third-order valence-corrected chi connectivity index (χ3v) is 11.4. The number of nitrogens with one attached hydrogen (secondary N) is 1. The Balaban J connectivity index is 1.37. The Hall–Kier alpha value is -1.03. The first kappa shape index (κ1) is 28.0. The molecule has 0 aliphatic heterocycles. The number of rotatable bonds is 9. The molecule has 4 heteroatoms. The Morgan fingerprint density at radius 3 is 2.58 bits per heavy atom. The summed E-state index contributed by atoms with van der Waals surface area (Å²) < 4.78 is 5.87. The highest BCUT2D eigenvalue weighted by atomic mass is 16.6. The molecule has 4 rings (SSSR count). The number of allylic oxidation sites excluding steroid dienone is 1. The van der Waals surface area contributed by atoms with Crippen LogP contribution in [-0.2, 0) is 4.74 Å². The Bertz CT molecular complexity index is 791. The van der Waals surface area contributed by atoms with Gasteiger partial charge in [-0.15, -0.1) is 0 Å². The molecule has 0 aromatic heterocycles. The van der Waals surface area contributed by atoms with Crippen LogP contribution in [0.15, 0.2) is 11.6 Å². The van der Waals surface area contributed by atoms with Gasteiger partial charge in [-0.05, 0) is 105 Å². The van der Waals surface area contributed by atoms with Crippen molar-refractivity contribution in [3.8, 4) is 0 Å². The third kappa shape index (κ3) is 5.69. The van der Waals surface area contributed by atoms with Gasteiger partial charge in [0.2, 0.25) is 0 Å². The van der Waals surface area contributed by atoms with E-state index < -0.39 is 0 Å². The Kier molecular flexibility index (Phi) is 8.85. The molecule has 4 nitrogen and oxygen atoms in total. The molecule has 0 radical (unpaired) electrons. The van der Waals surface area contributed by atoms with E-state index >= 15 is 0 Å². The first-order valence-corrected chi connectivity index (χ1v) is 15.3. The van der Waals surface area contributed by atoms with E-state index in [4.69, 9.17) is 4.74 Å². The number of hydrogen-bond donors (Lipinski definition) is 1. The molecule has 0 heterocycles. The number of alkyl carbamates (subject to hydrolysis) is 1. The van der Waals surface area contributed by atoms with Gasteiger partial charge in [0.1, 0.15) is 6.10 Å². The van der Waals surface area contributed by atoms with Gasteiger partial charge in [0.15, 0.2) is 0 Å². The van der Waals surface area contributed by atoms with Crippen molar-refractivity contribution in [2.75, 3.05) is 27.2 Å². The number of carbonyl (C=O) groups is 1. The normalized spacial score (nSPS) is 38.7. The van der Waals surface area contributed by atoms with Crippen LogP contribution in [0.3, 0.4) is 0 Å². The van der Waals surface area contributed by atoms with E-state index in [1.54, 1.807) is 5.57 Å². The molecule has 1 unspecified atom stereocenters. The van der Waals surface area contributed by atoms with E-state index in [1.165, 1.54) is 57.8 Å². The molecule has 1 N–H and O–H groups in total. The number of fused-ring (bicyclic) bond motifs is 5.